The van der Waals surface area contributed by atoms with Gasteiger partial charge >= 0.3 is 0 Å². The van der Waals surface area contributed by atoms with Gasteiger partial charge in [-0.05, 0) is 31.2 Å². The average molecular weight is 374 g/mol. The first kappa shape index (κ1) is 19.1. The lowest BCUT2D eigenvalue weighted by atomic mass is 10.4. The first-order chi connectivity index (χ1) is 11.7. The Labute approximate surface area is 153 Å². The Morgan fingerprint density at radius 3 is 2.79 bits per heavy atom. The summed E-state index contributed by atoms with van der Waals surface area (Å²) in [6, 6.07) is 1.66. The highest BCUT2D eigenvalue weighted by Crippen LogP contribution is 2.28. The SMILES string of the molecule is CN=C(NCCCOCC1CC1)NCCNc1ncc(Cl)cc1Cl. The van der Waals surface area contributed by atoms with E-state index >= 15 is 0 Å². The van der Waals surface area contributed by atoms with Crippen molar-refractivity contribution in [2.24, 2.45) is 10.9 Å². The average Bonchev–Trinajstić information content (AvgIpc) is 3.38. The number of nitrogens with one attached hydrogen (secondary N) is 3. The molecule has 1 heterocycles. The minimum Gasteiger partial charge on any atom is -0.381 e. The number of aromatic nitrogens is 1. The van der Waals surface area contributed by atoms with E-state index in [4.69, 9.17) is 27.9 Å². The number of pyridine rings is 1. The molecule has 0 aromatic carbocycles. The van der Waals surface area contributed by atoms with E-state index in [1.54, 1.807) is 19.3 Å². The van der Waals surface area contributed by atoms with Gasteiger partial charge in [0.05, 0.1) is 10.0 Å². The molecule has 1 aromatic heterocycles. The Kier molecular flexibility index (Phi) is 8.42. The number of halogens is 2. The fourth-order valence-electron chi connectivity index (χ4n) is 2.04. The summed E-state index contributed by atoms with van der Waals surface area (Å²) in [6.07, 6.45) is 5.20. The zero-order valence-electron chi connectivity index (χ0n) is 13.9. The molecule has 0 amide bonds. The molecule has 134 valence electrons. The third-order valence-electron chi connectivity index (χ3n) is 3.55. The minimum atomic E-state index is 0.510. The Hall–Kier alpha value is -1.24. The summed E-state index contributed by atoms with van der Waals surface area (Å²) in [7, 11) is 1.75. The summed E-state index contributed by atoms with van der Waals surface area (Å²) < 4.78 is 5.60. The summed E-state index contributed by atoms with van der Waals surface area (Å²) in [4.78, 5) is 8.33. The zero-order chi connectivity index (χ0) is 17.2. The second-order valence-electron chi connectivity index (χ2n) is 5.71. The van der Waals surface area contributed by atoms with Crippen LogP contribution in [0.3, 0.4) is 0 Å². The predicted octanol–water partition coefficient (Wildman–Crippen LogP) is 2.78. The molecule has 0 aliphatic heterocycles. The van der Waals surface area contributed by atoms with Crippen molar-refractivity contribution < 1.29 is 4.74 Å². The molecule has 1 fully saturated rings. The Morgan fingerprint density at radius 2 is 2.08 bits per heavy atom. The molecule has 1 saturated carbocycles. The van der Waals surface area contributed by atoms with Crippen LogP contribution in [0.25, 0.3) is 0 Å². The molecule has 0 bridgehead atoms. The third-order valence-corrected chi connectivity index (χ3v) is 4.04. The van der Waals surface area contributed by atoms with E-state index in [1.165, 1.54) is 12.8 Å². The number of rotatable bonds is 10. The van der Waals surface area contributed by atoms with Crippen LogP contribution in [0.1, 0.15) is 19.3 Å². The maximum atomic E-state index is 6.05. The van der Waals surface area contributed by atoms with Gasteiger partial charge in [-0.15, -0.1) is 0 Å². The van der Waals surface area contributed by atoms with Gasteiger partial charge in [-0.3, -0.25) is 4.99 Å². The number of guanidine groups is 1. The second-order valence-corrected chi connectivity index (χ2v) is 6.55. The van der Waals surface area contributed by atoms with Gasteiger partial charge in [0, 0.05) is 46.1 Å². The van der Waals surface area contributed by atoms with Crippen molar-refractivity contribution in [3.63, 3.8) is 0 Å². The lowest BCUT2D eigenvalue weighted by Crippen LogP contribution is -2.40. The molecular formula is C16H25Cl2N5O. The lowest BCUT2D eigenvalue weighted by Gasteiger charge is -2.13. The van der Waals surface area contributed by atoms with Crippen LogP contribution in [0.15, 0.2) is 17.3 Å². The van der Waals surface area contributed by atoms with Crippen LogP contribution in [0.2, 0.25) is 10.0 Å². The number of ether oxygens (including phenoxy) is 1. The monoisotopic (exact) mass is 373 g/mol. The normalized spacial score (nSPS) is 14.5. The van der Waals surface area contributed by atoms with Crippen molar-refractivity contribution in [2.45, 2.75) is 19.3 Å². The quantitative estimate of drug-likeness (QED) is 0.334. The van der Waals surface area contributed by atoms with Crippen molar-refractivity contribution in [2.75, 3.05) is 45.2 Å². The number of nitrogens with zero attached hydrogens (tertiary/aromatic N) is 2. The van der Waals surface area contributed by atoms with E-state index in [2.05, 4.69) is 25.9 Å². The van der Waals surface area contributed by atoms with Crippen molar-refractivity contribution in [1.82, 2.24) is 15.6 Å². The molecule has 0 radical (unpaired) electrons. The summed E-state index contributed by atoms with van der Waals surface area (Å²) in [5.74, 6) is 2.22. The first-order valence-corrected chi connectivity index (χ1v) is 9.02. The summed E-state index contributed by atoms with van der Waals surface area (Å²) in [5.41, 5.74) is 0. The fourth-order valence-corrected chi connectivity index (χ4v) is 2.49. The van der Waals surface area contributed by atoms with E-state index in [-0.39, 0.29) is 0 Å². The smallest absolute Gasteiger partial charge is 0.191 e. The van der Waals surface area contributed by atoms with Crippen LogP contribution in [0, 0.1) is 5.92 Å². The van der Waals surface area contributed by atoms with Crippen LogP contribution < -0.4 is 16.0 Å². The van der Waals surface area contributed by atoms with Gasteiger partial charge in [0.15, 0.2) is 5.96 Å². The second kappa shape index (κ2) is 10.6. The highest BCUT2D eigenvalue weighted by Gasteiger charge is 2.20. The van der Waals surface area contributed by atoms with Crippen molar-refractivity contribution in [3.05, 3.63) is 22.3 Å². The van der Waals surface area contributed by atoms with Gasteiger partial charge in [-0.25, -0.2) is 4.98 Å². The number of hydrogen-bond donors (Lipinski definition) is 3. The highest BCUT2D eigenvalue weighted by atomic mass is 35.5. The maximum Gasteiger partial charge on any atom is 0.191 e. The number of aliphatic imine (C=N–C) groups is 1. The molecule has 0 saturated heterocycles. The molecule has 0 atom stereocenters. The highest BCUT2D eigenvalue weighted by molar-refractivity contribution is 6.35. The van der Waals surface area contributed by atoms with Crippen molar-refractivity contribution in [3.8, 4) is 0 Å². The Morgan fingerprint density at radius 1 is 1.29 bits per heavy atom. The first-order valence-electron chi connectivity index (χ1n) is 8.26. The molecule has 1 aliphatic carbocycles. The largest absolute Gasteiger partial charge is 0.381 e. The molecule has 6 nitrogen and oxygen atoms in total. The third kappa shape index (κ3) is 7.55. The molecular weight excluding hydrogens is 349 g/mol. The van der Waals surface area contributed by atoms with Gasteiger partial charge in [0.2, 0.25) is 0 Å². The molecule has 0 spiro atoms. The summed E-state index contributed by atoms with van der Waals surface area (Å²) in [6.45, 7) is 3.91. The molecule has 3 N–H and O–H groups in total. The lowest BCUT2D eigenvalue weighted by molar-refractivity contribution is 0.123. The van der Waals surface area contributed by atoms with Gasteiger partial charge in [-0.1, -0.05) is 23.2 Å². The van der Waals surface area contributed by atoms with Crippen LogP contribution in [0.4, 0.5) is 5.82 Å². The van der Waals surface area contributed by atoms with Crippen molar-refractivity contribution in [1.29, 1.82) is 0 Å². The van der Waals surface area contributed by atoms with E-state index in [1.807, 2.05) is 0 Å². The van der Waals surface area contributed by atoms with E-state index < -0.39 is 0 Å². The predicted molar refractivity (Wildman–Crippen MR) is 100 cm³/mol. The van der Waals surface area contributed by atoms with E-state index in [0.29, 0.717) is 29.0 Å². The van der Waals surface area contributed by atoms with Gasteiger partial charge < -0.3 is 20.7 Å². The number of hydrogen-bond acceptors (Lipinski definition) is 4. The molecule has 0 unspecified atom stereocenters. The molecule has 1 aliphatic rings. The van der Waals surface area contributed by atoms with E-state index in [9.17, 15) is 0 Å². The topological polar surface area (TPSA) is 70.6 Å². The van der Waals surface area contributed by atoms with Gasteiger partial charge in [0.1, 0.15) is 5.82 Å². The van der Waals surface area contributed by atoms with E-state index in [0.717, 1.165) is 38.1 Å². The molecule has 1 aromatic rings. The zero-order valence-corrected chi connectivity index (χ0v) is 15.5. The van der Waals surface area contributed by atoms with Crippen LogP contribution in [0.5, 0.6) is 0 Å². The Balaban J connectivity index is 1.52. The standard InChI is InChI=1S/C16H25Cl2N5O/c1-19-16(21-5-2-8-24-11-12-3-4-12)22-7-6-20-15-14(18)9-13(17)10-23-15/h9-10,12H,2-8,11H2,1H3,(H,20,23)(H2,19,21,22). The van der Waals surface area contributed by atoms with Crippen LogP contribution in [-0.2, 0) is 4.74 Å². The Bertz CT molecular complexity index is 537. The molecule has 24 heavy (non-hydrogen) atoms. The maximum absolute atomic E-state index is 6.05. The molecule has 8 heteroatoms. The molecule has 2 rings (SSSR count). The van der Waals surface area contributed by atoms with Gasteiger partial charge in [0.25, 0.3) is 0 Å². The van der Waals surface area contributed by atoms with Crippen LogP contribution >= 0.6 is 23.2 Å². The number of anilines is 1. The summed E-state index contributed by atoms with van der Waals surface area (Å²) in [5, 5.41) is 10.7. The van der Waals surface area contributed by atoms with Gasteiger partial charge in [-0.2, -0.15) is 0 Å². The van der Waals surface area contributed by atoms with Crippen molar-refractivity contribution >= 4 is 35.0 Å². The minimum absolute atomic E-state index is 0.510. The van der Waals surface area contributed by atoms with Crippen LogP contribution in [-0.4, -0.2) is 50.8 Å². The summed E-state index contributed by atoms with van der Waals surface area (Å²) >= 11 is 11.9. The fraction of sp³-hybridized carbons (Fsp3) is 0.625.